The van der Waals surface area contributed by atoms with Crippen LogP contribution in [0.15, 0.2) is 6.33 Å². The lowest BCUT2D eigenvalue weighted by Crippen LogP contribution is -2.04. The summed E-state index contributed by atoms with van der Waals surface area (Å²) in [4.78, 5) is 8.09. The second-order valence-corrected chi connectivity index (χ2v) is 4.20. The summed E-state index contributed by atoms with van der Waals surface area (Å²) in [6, 6.07) is 0. The van der Waals surface area contributed by atoms with Crippen molar-refractivity contribution >= 4 is 28.4 Å². The number of anilines is 1. The van der Waals surface area contributed by atoms with Crippen LogP contribution in [0, 0.1) is 9.49 Å². The van der Waals surface area contributed by atoms with Crippen molar-refractivity contribution in [1.29, 1.82) is 0 Å². The fraction of sp³-hybridized carbons (Fsp3) is 0.500. The van der Waals surface area contributed by atoms with Gasteiger partial charge in [0.1, 0.15) is 12.1 Å². The van der Waals surface area contributed by atoms with E-state index in [1.54, 1.807) is 0 Å². The monoisotopic (exact) mass is 277 g/mol. The molecule has 0 radical (unpaired) electrons. The number of halogens is 1. The predicted octanol–water partition coefficient (Wildman–Crippen LogP) is 1.86. The lowest BCUT2D eigenvalue weighted by atomic mass is 10.1. The first kappa shape index (κ1) is 9.70. The molecule has 0 fully saturated rings. The Morgan fingerprint density at radius 1 is 1.50 bits per heavy atom. The van der Waals surface area contributed by atoms with Gasteiger partial charge in [-0.1, -0.05) is 13.8 Å². The van der Waals surface area contributed by atoms with E-state index in [1.165, 1.54) is 6.33 Å². The molecule has 1 rings (SSSR count). The van der Waals surface area contributed by atoms with Gasteiger partial charge in [-0.15, -0.1) is 0 Å². The fourth-order valence-electron chi connectivity index (χ4n) is 0.951. The van der Waals surface area contributed by atoms with E-state index in [2.05, 4.69) is 46.4 Å². The van der Waals surface area contributed by atoms with Crippen molar-refractivity contribution in [3.05, 3.63) is 15.6 Å². The van der Waals surface area contributed by atoms with E-state index < -0.39 is 0 Å². The van der Waals surface area contributed by atoms with Crippen molar-refractivity contribution in [2.45, 2.75) is 20.3 Å². The van der Waals surface area contributed by atoms with E-state index in [1.807, 2.05) is 0 Å². The Kier molecular flexibility index (Phi) is 3.25. The third-order valence-electron chi connectivity index (χ3n) is 1.49. The standard InChI is InChI=1S/C8H12IN3/c1-5(2)3-6-7(9)8(10)12-4-11-6/h4-5H,3H2,1-2H3,(H2,10,11,12). The van der Waals surface area contributed by atoms with E-state index in [0.717, 1.165) is 15.7 Å². The topological polar surface area (TPSA) is 51.8 Å². The summed E-state index contributed by atoms with van der Waals surface area (Å²) in [5.74, 6) is 1.19. The molecular formula is C8H12IN3. The van der Waals surface area contributed by atoms with Crippen LogP contribution < -0.4 is 5.73 Å². The average Bonchev–Trinajstić information content (AvgIpc) is 1.98. The maximum absolute atomic E-state index is 5.64. The molecule has 0 aromatic carbocycles. The highest BCUT2D eigenvalue weighted by Gasteiger charge is 2.06. The SMILES string of the molecule is CC(C)Cc1ncnc(N)c1I. The van der Waals surface area contributed by atoms with Crippen LogP contribution in [0.25, 0.3) is 0 Å². The number of hydrogen-bond acceptors (Lipinski definition) is 3. The molecule has 1 heterocycles. The number of hydrogen-bond donors (Lipinski definition) is 1. The minimum Gasteiger partial charge on any atom is -0.383 e. The van der Waals surface area contributed by atoms with Crippen molar-refractivity contribution in [3.63, 3.8) is 0 Å². The van der Waals surface area contributed by atoms with Crippen LogP contribution in [0.3, 0.4) is 0 Å². The molecular weight excluding hydrogens is 265 g/mol. The molecule has 2 N–H and O–H groups in total. The van der Waals surface area contributed by atoms with Crippen molar-refractivity contribution in [2.24, 2.45) is 5.92 Å². The molecule has 0 saturated heterocycles. The first-order valence-corrected chi connectivity index (χ1v) is 4.94. The molecule has 0 aliphatic carbocycles. The molecule has 66 valence electrons. The number of nitrogen functional groups attached to an aromatic ring is 1. The third kappa shape index (κ3) is 2.30. The van der Waals surface area contributed by atoms with E-state index >= 15 is 0 Å². The fourth-order valence-corrected chi connectivity index (χ4v) is 1.45. The second-order valence-electron chi connectivity index (χ2n) is 3.12. The Bertz CT molecular complexity index is 273. The first-order valence-electron chi connectivity index (χ1n) is 3.86. The molecule has 1 aromatic rings. The van der Waals surface area contributed by atoms with Gasteiger partial charge in [-0.2, -0.15) is 0 Å². The molecule has 0 atom stereocenters. The molecule has 3 nitrogen and oxygen atoms in total. The van der Waals surface area contributed by atoms with Crippen LogP contribution in [0.1, 0.15) is 19.5 Å². The molecule has 12 heavy (non-hydrogen) atoms. The molecule has 0 amide bonds. The van der Waals surface area contributed by atoms with Gasteiger partial charge in [0.15, 0.2) is 0 Å². The van der Waals surface area contributed by atoms with Crippen molar-refractivity contribution < 1.29 is 0 Å². The lowest BCUT2D eigenvalue weighted by Gasteiger charge is -2.06. The van der Waals surface area contributed by atoms with E-state index in [9.17, 15) is 0 Å². The maximum Gasteiger partial charge on any atom is 0.140 e. The molecule has 0 aliphatic heterocycles. The van der Waals surface area contributed by atoms with Crippen molar-refractivity contribution in [2.75, 3.05) is 5.73 Å². The Balaban J connectivity index is 2.92. The zero-order chi connectivity index (χ0) is 9.14. The lowest BCUT2D eigenvalue weighted by molar-refractivity contribution is 0.632. The highest BCUT2D eigenvalue weighted by atomic mass is 127. The summed E-state index contributed by atoms with van der Waals surface area (Å²) in [6.07, 6.45) is 2.49. The van der Waals surface area contributed by atoms with E-state index in [-0.39, 0.29) is 0 Å². The van der Waals surface area contributed by atoms with Crippen molar-refractivity contribution in [3.8, 4) is 0 Å². The summed E-state index contributed by atoms with van der Waals surface area (Å²) in [5.41, 5.74) is 6.69. The van der Waals surface area contributed by atoms with Gasteiger partial charge in [-0.3, -0.25) is 0 Å². The molecule has 0 aliphatic rings. The minimum absolute atomic E-state index is 0.584. The van der Waals surface area contributed by atoms with Gasteiger partial charge in [-0.05, 0) is 34.9 Å². The maximum atomic E-state index is 5.64. The van der Waals surface area contributed by atoms with Crippen LogP contribution in [-0.2, 0) is 6.42 Å². The molecule has 0 spiro atoms. The molecule has 0 bridgehead atoms. The zero-order valence-electron chi connectivity index (χ0n) is 7.21. The van der Waals surface area contributed by atoms with Gasteiger partial charge < -0.3 is 5.73 Å². The van der Waals surface area contributed by atoms with Gasteiger partial charge >= 0.3 is 0 Å². The molecule has 0 unspecified atom stereocenters. The number of nitrogens with two attached hydrogens (primary N) is 1. The average molecular weight is 277 g/mol. The summed E-state index contributed by atoms with van der Waals surface area (Å²) in [6.45, 7) is 4.32. The summed E-state index contributed by atoms with van der Waals surface area (Å²) < 4.78 is 0.990. The van der Waals surface area contributed by atoms with Crippen LogP contribution in [0.2, 0.25) is 0 Å². The van der Waals surface area contributed by atoms with Gasteiger partial charge in [0.2, 0.25) is 0 Å². The zero-order valence-corrected chi connectivity index (χ0v) is 9.37. The third-order valence-corrected chi connectivity index (χ3v) is 2.67. The highest BCUT2D eigenvalue weighted by Crippen LogP contribution is 2.17. The van der Waals surface area contributed by atoms with Crippen LogP contribution in [-0.4, -0.2) is 9.97 Å². The summed E-state index contributed by atoms with van der Waals surface area (Å²) >= 11 is 2.19. The summed E-state index contributed by atoms with van der Waals surface area (Å²) in [5, 5.41) is 0. The van der Waals surface area contributed by atoms with Gasteiger partial charge in [-0.25, -0.2) is 9.97 Å². The van der Waals surface area contributed by atoms with E-state index in [4.69, 9.17) is 5.73 Å². The van der Waals surface area contributed by atoms with Gasteiger partial charge in [0.05, 0.1) is 9.26 Å². The Hall–Kier alpha value is -0.390. The smallest absolute Gasteiger partial charge is 0.140 e. The van der Waals surface area contributed by atoms with Crippen LogP contribution >= 0.6 is 22.6 Å². The largest absolute Gasteiger partial charge is 0.383 e. The molecule has 0 saturated carbocycles. The Morgan fingerprint density at radius 2 is 2.17 bits per heavy atom. The number of aromatic nitrogens is 2. The Labute approximate surface area is 85.9 Å². The quantitative estimate of drug-likeness (QED) is 0.839. The highest BCUT2D eigenvalue weighted by molar-refractivity contribution is 14.1. The number of rotatable bonds is 2. The Morgan fingerprint density at radius 3 is 2.75 bits per heavy atom. The van der Waals surface area contributed by atoms with Crippen LogP contribution in [0.4, 0.5) is 5.82 Å². The minimum atomic E-state index is 0.584. The molecule has 1 aromatic heterocycles. The van der Waals surface area contributed by atoms with Gasteiger partial charge in [0, 0.05) is 0 Å². The number of nitrogens with zero attached hydrogens (tertiary/aromatic N) is 2. The van der Waals surface area contributed by atoms with Crippen molar-refractivity contribution in [1.82, 2.24) is 9.97 Å². The van der Waals surface area contributed by atoms with E-state index in [0.29, 0.717) is 11.7 Å². The van der Waals surface area contributed by atoms with Crippen LogP contribution in [0.5, 0.6) is 0 Å². The first-order chi connectivity index (χ1) is 5.61. The molecule has 4 heteroatoms. The van der Waals surface area contributed by atoms with Gasteiger partial charge in [0.25, 0.3) is 0 Å². The summed E-state index contributed by atoms with van der Waals surface area (Å²) in [7, 11) is 0. The normalized spacial score (nSPS) is 10.7. The second kappa shape index (κ2) is 4.02. The predicted molar refractivity (Wildman–Crippen MR) is 57.7 cm³/mol.